The van der Waals surface area contributed by atoms with Gasteiger partial charge in [-0.2, -0.15) is 0 Å². The summed E-state index contributed by atoms with van der Waals surface area (Å²) in [7, 11) is 0. The molecule has 1 unspecified atom stereocenters. The Balaban J connectivity index is 1.80. The molecule has 1 aromatic heterocycles. The largest absolute Gasteiger partial charge is 0.434 e. The van der Waals surface area contributed by atoms with Gasteiger partial charge < -0.3 is 20.5 Å². The molecule has 10 nitrogen and oxygen atoms in total. The summed E-state index contributed by atoms with van der Waals surface area (Å²) >= 11 is 12.4. The molecule has 0 saturated heterocycles. The van der Waals surface area contributed by atoms with Crippen LogP contribution in [0.25, 0.3) is 0 Å². The number of halogens is 2. The van der Waals surface area contributed by atoms with Crippen LogP contribution in [0.2, 0.25) is 10.0 Å². The fourth-order valence-corrected chi connectivity index (χ4v) is 3.00. The fourth-order valence-electron chi connectivity index (χ4n) is 2.44. The van der Waals surface area contributed by atoms with E-state index in [9.17, 15) is 19.5 Å². The van der Waals surface area contributed by atoms with E-state index in [2.05, 4.69) is 25.8 Å². The molecule has 152 valence electrons. The van der Waals surface area contributed by atoms with E-state index in [1.807, 2.05) is 0 Å². The topological polar surface area (TPSA) is 146 Å². The Bertz CT molecular complexity index is 1050. The van der Waals surface area contributed by atoms with Gasteiger partial charge in [0.25, 0.3) is 11.5 Å². The third-order valence-corrected chi connectivity index (χ3v) is 4.43. The maximum absolute atomic E-state index is 12.1. The number of carbonyl (C=O) groups is 2. The number of aliphatic hydroxyl groups excluding tert-OH is 1. The molecule has 0 bridgehead atoms. The number of aliphatic imine (C=N–C) groups is 1. The molecule has 2 amide bonds. The number of anilines is 1. The zero-order chi connectivity index (χ0) is 21.1. The highest BCUT2D eigenvalue weighted by Gasteiger charge is 2.21. The van der Waals surface area contributed by atoms with Crippen molar-refractivity contribution in [2.24, 2.45) is 4.99 Å². The number of nitrogens with one attached hydrogen (secondary N) is 3. The van der Waals surface area contributed by atoms with Gasteiger partial charge in [-0.1, -0.05) is 30.1 Å². The minimum Gasteiger partial charge on any atom is -0.434 e. The summed E-state index contributed by atoms with van der Waals surface area (Å²) < 4.78 is 5.55. The lowest BCUT2D eigenvalue weighted by atomic mass is 10.1. The van der Waals surface area contributed by atoms with Crippen LogP contribution in [0.3, 0.4) is 0 Å². The third-order valence-electron chi connectivity index (χ3n) is 3.87. The van der Waals surface area contributed by atoms with Crippen LogP contribution in [0.4, 0.5) is 5.69 Å². The highest BCUT2D eigenvalue weighted by atomic mass is 35.5. The Kier molecular flexibility index (Phi) is 6.16. The summed E-state index contributed by atoms with van der Waals surface area (Å²) in [5.74, 6) is -1.11. The van der Waals surface area contributed by atoms with Crippen LogP contribution in [0.15, 0.2) is 28.0 Å². The van der Waals surface area contributed by atoms with E-state index in [0.717, 1.165) is 0 Å². The number of benzene rings is 1. The molecule has 0 radical (unpaired) electrons. The molecule has 3 rings (SSSR count). The van der Waals surface area contributed by atoms with Crippen LogP contribution in [0.5, 0.6) is 11.6 Å². The van der Waals surface area contributed by atoms with E-state index < -0.39 is 17.6 Å². The molecule has 1 aromatic carbocycles. The molecule has 1 atom stereocenters. The molecule has 0 spiro atoms. The summed E-state index contributed by atoms with van der Waals surface area (Å²) in [6.07, 6.45) is -0.652. The number of hydrogen-bond acceptors (Lipinski definition) is 7. The molecular formula is C17H15Cl2N5O5. The lowest BCUT2D eigenvalue weighted by Crippen LogP contribution is -2.34. The van der Waals surface area contributed by atoms with Crippen LogP contribution in [0.1, 0.15) is 25.0 Å². The minimum absolute atomic E-state index is 0.0318. The van der Waals surface area contributed by atoms with Crippen LogP contribution < -0.4 is 20.9 Å². The predicted octanol–water partition coefficient (Wildman–Crippen LogP) is 1.78. The van der Waals surface area contributed by atoms with Gasteiger partial charge in [-0.15, -0.1) is 5.10 Å². The number of carbonyl (C=O) groups excluding carboxylic acids is 2. The smallest absolute Gasteiger partial charge is 0.291 e. The minimum atomic E-state index is -0.980. The monoisotopic (exact) mass is 439 g/mol. The summed E-state index contributed by atoms with van der Waals surface area (Å²) in [6, 6.07) is 4.05. The average Bonchev–Trinajstić information content (AvgIpc) is 3.12. The Hall–Kier alpha value is -2.95. The van der Waals surface area contributed by atoms with Gasteiger partial charge in [0.2, 0.25) is 11.8 Å². The van der Waals surface area contributed by atoms with E-state index in [1.54, 1.807) is 6.92 Å². The second-order valence-electron chi connectivity index (χ2n) is 5.95. The van der Waals surface area contributed by atoms with Gasteiger partial charge in [-0.3, -0.25) is 19.4 Å². The van der Waals surface area contributed by atoms with Gasteiger partial charge in [0.15, 0.2) is 11.6 Å². The molecule has 0 aliphatic carbocycles. The van der Waals surface area contributed by atoms with Crippen molar-refractivity contribution >= 4 is 46.5 Å². The van der Waals surface area contributed by atoms with Crippen molar-refractivity contribution in [3.8, 4) is 11.6 Å². The lowest BCUT2D eigenvalue weighted by Gasteiger charge is -2.13. The summed E-state index contributed by atoms with van der Waals surface area (Å²) in [5, 5.41) is 20.8. The Morgan fingerprint density at radius 1 is 1.31 bits per heavy atom. The maximum atomic E-state index is 12.1. The maximum Gasteiger partial charge on any atom is 0.291 e. The second kappa shape index (κ2) is 8.60. The zero-order valence-corrected chi connectivity index (χ0v) is 16.5. The number of aliphatic hydroxyl groups is 1. The van der Waals surface area contributed by atoms with Gasteiger partial charge in [0.05, 0.1) is 21.7 Å². The molecule has 0 saturated carbocycles. The molecular weight excluding hydrogens is 425 g/mol. The average molecular weight is 440 g/mol. The number of nitrogens with zero attached hydrogens (tertiary/aromatic N) is 2. The van der Waals surface area contributed by atoms with Crippen molar-refractivity contribution in [2.75, 3.05) is 11.9 Å². The number of hydrogen-bond donors (Lipinski definition) is 4. The molecule has 2 heterocycles. The zero-order valence-electron chi connectivity index (χ0n) is 15.0. The highest BCUT2D eigenvalue weighted by molar-refractivity contribution is 6.46. The van der Waals surface area contributed by atoms with Crippen molar-refractivity contribution in [2.45, 2.75) is 19.4 Å². The first-order valence-electron chi connectivity index (χ1n) is 8.38. The summed E-state index contributed by atoms with van der Waals surface area (Å²) in [6.45, 7) is 1.60. The highest BCUT2D eigenvalue weighted by Crippen LogP contribution is 2.38. The lowest BCUT2D eigenvalue weighted by molar-refractivity contribution is -0.118. The van der Waals surface area contributed by atoms with E-state index in [0.29, 0.717) is 6.42 Å². The molecule has 1 aliphatic rings. The molecule has 0 fully saturated rings. The number of rotatable bonds is 6. The van der Waals surface area contributed by atoms with Gasteiger partial charge in [-0.25, -0.2) is 5.10 Å². The normalized spacial score (nSPS) is 14.2. The van der Waals surface area contributed by atoms with Crippen molar-refractivity contribution in [1.82, 2.24) is 15.5 Å². The fraction of sp³-hybridized carbons (Fsp3) is 0.235. The molecule has 12 heteroatoms. The third kappa shape index (κ3) is 4.73. The summed E-state index contributed by atoms with van der Waals surface area (Å²) in [5.41, 5.74) is -0.199. The Morgan fingerprint density at radius 2 is 2.00 bits per heavy atom. The van der Waals surface area contributed by atoms with E-state index in [-0.39, 0.29) is 51.2 Å². The van der Waals surface area contributed by atoms with Crippen molar-refractivity contribution in [3.63, 3.8) is 0 Å². The SMILES string of the molecule is CCC(O)c1cc(Oc2c(Cl)cc(NC(=O)C3=NCC(=O)N3)cc2Cl)n[nH]c1=O. The van der Waals surface area contributed by atoms with Gasteiger partial charge in [0.1, 0.15) is 6.54 Å². The summed E-state index contributed by atoms with van der Waals surface area (Å²) in [4.78, 5) is 38.8. The van der Waals surface area contributed by atoms with Crippen LogP contribution in [-0.4, -0.2) is 39.5 Å². The van der Waals surface area contributed by atoms with Crippen LogP contribution in [-0.2, 0) is 9.59 Å². The van der Waals surface area contributed by atoms with Crippen LogP contribution >= 0.6 is 23.2 Å². The molecule has 29 heavy (non-hydrogen) atoms. The number of amides is 2. The van der Waals surface area contributed by atoms with Gasteiger partial charge in [-0.05, 0) is 18.6 Å². The first-order valence-corrected chi connectivity index (χ1v) is 9.14. The second-order valence-corrected chi connectivity index (χ2v) is 6.77. The Labute approximate surface area is 173 Å². The number of amidine groups is 1. The Morgan fingerprint density at radius 3 is 2.59 bits per heavy atom. The first kappa shape index (κ1) is 20.8. The first-order chi connectivity index (χ1) is 13.8. The van der Waals surface area contributed by atoms with Crippen molar-refractivity contribution < 1.29 is 19.4 Å². The standard InChI is InChI=1S/C17H15Cl2N5O5/c1-2-11(25)8-5-13(23-24-16(8)27)29-14-9(18)3-7(4-10(14)19)21-17(28)15-20-6-12(26)22-15/h3-5,11,25H,2,6H2,1H3,(H,21,28)(H,24,27)(H,20,22,26). The number of H-pyrrole nitrogens is 1. The molecule has 1 aliphatic heterocycles. The van der Waals surface area contributed by atoms with Crippen molar-refractivity contribution in [3.05, 3.63) is 44.2 Å². The van der Waals surface area contributed by atoms with E-state index in [4.69, 9.17) is 27.9 Å². The quantitative estimate of drug-likeness (QED) is 0.539. The van der Waals surface area contributed by atoms with Crippen molar-refractivity contribution in [1.29, 1.82) is 0 Å². The molecule has 4 N–H and O–H groups in total. The van der Waals surface area contributed by atoms with Gasteiger partial charge in [0, 0.05) is 11.8 Å². The number of aromatic nitrogens is 2. The number of aromatic amines is 1. The predicted molar refractivity (Wildman–Crippen MR) is 106 cm³/mol. The van der Waals surface area contributed by atoms with E-state index >= 15 is 0 Å². The molecule has 2 aromatic rings. The van der Waals surface area contributed by atoms with Crippen LogP contribution in [0, 0.1) is 0 Å². The van der Waals surface area contributed by atoms with Gasteiger partial charge >= 0.3 is 0 Å². The number of ether oxygens (including phenoxy) is 1. The van der Waals surface area contributed by atoms with E-state index in [1.165, 1.54) is 18.2 Å².